The van der Waals surface area contributed by atoms with E-state index in [0.29, 0.717) is 17.1 Å². The second kappa shape index (κ2) is 23.2. The van der Waals surface area contributed by atoms with Crippen molar-refractivity contribution in [2.24, 2.45) is 0 Å². The number of benzene rings is 3. The lowest BCUT2D eigenvalue weighted by Gasteiger charge is -2.30. The van der Waals surface area contributed by atoms with Crippen molar-refractivity contribution >= 4 is 34.1 Å². The predicted molar refractivity (Wildman–Crippen MR) is 209 cm³/mol. The fourth-order valence-electron chi connectivity index (χ4n) is 6.82. The monoisotopic (exact) mass is 950 g/mol. The van der Waals surface area contributed by atoms with Crippen molar-refractivity contribution in [1.29, 1.82) is 0 Å². The van der Waals surface area contributed by atoms with Crippen molar-refractivity contribution in [3.05, 3.63) is 72.8 Å². The van der Waals surface area contributed by atoms with E-state index in [4.69, 9.17) is 0 Å². The molecule has 0 aliphatic carbocycles. The fraction of sp³-hybridized carbons (Fsp3) is 0.571. The normalized spacial score (nSPS) is 13.0. The second-order valence-electron chi connectivity index (χ2n) is 15.2. The molecule has 22 heteroatoms. The van der Waals surface area contributed by atoms with Crippen LogP contribution in [0.15, 0.2) is 72.8 Å². The number of anilines is 6. The van der Waals surface area contributed by atoms with Gasteiger partial charge in [-0.1, -0.05) is 0 Å². The highest BCUT2D eigenvalue weighted by atomic mass is 19.4. The summed E-state index contributed by atoms with van der Waals surface area (Å²) < 4.78 is 233. The van der Waals surface area contributed by atoms with Gasteiger partial charge in [-0.3, -0.25) is 0 Å². The number of nitrogens with zero attached hydrogens (tertiary/aromatic N) is 4. The lowest BCUT2D eigenvalue weighted by molar-refractivity contribution is -0.136. The molecule has 0 unspecified atom stereocenters. The van der Waals surface area contributed by atoms with Crippen LogP contribution >= 0.6 is 0 Å². The number of halogens is 18. The second-order valence-corrected chi connectivity index (χ2v) is 15.2. The maximum atomic E-state index is 13.0. The molecule has 0 saturated carbocycles. The zero-order valence-corrected chi connectivity index (χ0v) is 34.2. The zero-order valence-electron chi connectivity index (χ0n) is 34.2. The van der Waals surface area contributed by atoms with Crippen LogP contribution in [0.1, 0.15) is 77.0 Å². The topological polar surface area (TPSA) is 13.0 Å². The molecule has 0 atom stereocenters. The summed E-state index contributed by atoms with van der Waals surface area (Å²) in [5.41, 5.74) is 1.86. The van der Waals surface area contributed by atoms with Crippen LogP contribution in [0.3, 0.4) is 0 Å². The van der Waals surface area contributed by atoms with Gasteiger partial charge in [-0.25, -0.2) is 0 Å². The molecule has 0 aliphatic heterocycles. The van der Waals surface area contributed by atoms with Crippen molar-refractivity contribution < 1.29 is 79.0 Å². The smallest absolute Gasteiger partial charge is 0.372 e. The highest BCUT2D eigenvalue weighted by Gasteiger charge is 2.31. The molecule has 0 aliphatic rings. The minimum absolute atomic E-state index is 0.242. The van der Waals surface area contributed by atoms with Gasteiger partial charge in [0.2, 0.25) is 0 Å². The maximum absolute atomic E-state index is 13.0. The minimum Gasteiger partial charge on any atom is -0.372 e. The van der Waals surface area contributed by atoms with Crippen molar-refractivity contribution in [2.75, 3.05) is 58.9 Å². The van der Waals surface area contributed by atoms with Gasteiger partial charge in [-0.2, -0.15) is 79.0 Å². The highest BCUT2D eigenvalue weighted by molar-refractivity contribution is 5.79. The number of hydrogen-bond donors (Lipinski definition) is 0. The maximum Gasteiger partial charge on any atom is 0.389 e. The Balaban J connectivity index is 2.06. The van der Waals surface area contributed by atoms with Crippen LogP contribution < -0.4 is 19.6 Å². The Hall–Kier alpha value is -4.40. The van der Waals surface area contributed by atoms with Gasteiger partial charge in [0.15, 0.2) is 0 Å². The molecule has 64 heavy (non-hydrogen) atoms. The van der Waals surface area contributed by atoms with E-state index in [1.807, 2.05) is 0 Å². The average molecular weight is 951 g/mol. The van der Waals surface area contributed by atoms with Crippen LogP contribution in [0.4, 0.5) is 113 Å². The van der Waals surface area contributed by atoms with E-state index >= 15 is 0 Å². The molecule has 4 nitrogen and oxygen atoms in total. The van der Waals surface area contributed by atoms with E-state index in [1.165, 1.54) is 87.5 Å². The molecule has 0 radical (unpaired) electrons. The van der Waals surface area contributed by atoms with Gasteiger partial charge < -0.3 is 19.6 Å². The summed E-state index contributed by atoms with van der Waals surface area (Å²) in [5, 5.41) is 0. The Morgan fingerprint density at radius 3 is 0.516 bits per heavy atom. The van der Waals surface area contributed by atoms with Crippen LogP contribution in [0, 0.1) is 0 Å². The largest absolute Gasteiger partial charge is 0.389 e. The summed E-state index contributed by atoms with van der Waals surface area (Å²) in [7, 11) is 0. The van der Waals surface area contributed by atoms with Crippen molar-refractivity contribution in [3.63, 3.8) is 0 Å². The summed E-state index contributed by atoms with van der Waals surface area (Å²) in [6.07, 6.45) is -36.8. The first-order valence-corrected chi connectivity index (χ1v) is 20.2. The molecule has 3 rings (SSSR count). The number of hydrogen-bond acceptors (Lipinski definition) is 4. The molecule has 3 aromatic rings. The van der Waals surface area contributed by atoms with Crippen LogP contribution in [0.2, 0.25) is 0 Å². The molecule has 0 bridgehead atoms. The molecular formula is C42H48F18N4. The van der Waals surface area contributed by atoms with Gasteiger partial charge in [0.25, 0.3) is 0 Å². The van der Waals surface area contributed by atoms with Crippen molar-refractivity contribution in [1.82, 2.24) is 0 Å². The standard InChI is InChI=1S/C42H48F18N4/c43-37(44,45)19-1-25-61(26-2-20-38(46,47)48)31-7-13-34(14-8-31)64(35-15-9-32(10-16-35)62(27-3-21-39(49,50)51)28-4-22-40(52,53)54)36-17-11-33(12-18-36)63(29-5-23-41(55,56)57)30-6-24-42(58,59)60/h7-18H,1-6,19-30H2. The minimum atomic E-state index is -4.51. The van der Waals surface area contributed by atoms with E-state index in [0.717, 1.165) is 0 Å². The van der Waals surface area contributed by atoms with Gasteiger partial charge in [0.1, 0.15) is 0 Å². The SMILES string of the molecule is FC(F)(F)CCCN(CCCC(F)(F)F)c1ccc(N(c2ccc(N(CCCC(F)(F)F)CCCC(F)(F)F)cc2)c2ccc(N(CCCC(F)(F)F)CCCC(F)(F)F)cc2)cc1. The molecule has 0 saturated heterocycles. The third-order valence-electron chi connectivity index (χ3n) is 9.75. The Morgan fingerprint density at radius 2 is 0.375 bits per heavy atom. The predicted octanol–water partition coefficient (Wildman–Crippen LogP) is 15.6. The van der Waals surface area contributed by atoms with Gasteiger partial charge in [-0.05, 0) is 111 Å². The van der Waals surface area contributed by atoms with Crippen LogP contribution in [-0.2, 0) is 0 Å². The molecule has 3 aromatic carbocycles. The summed E-state index contributed by atoms with van der Waals surface area (Å²) in [4.78, 5) is 5.69. The lowest BCUT2D eigenvalue weighted by atomic mass is 10.1. The fourth-order valence-corrected chi connectivity index (χ4v) is 6.82. The van der Waals surface area contributed by atoms with E-state index in [-0.39, 0.29) is 56.3 Å². The molecule has 0 fully saturated rings. The molecule has 0 spiro atoms. The molecule has 0 aromatic heterocycles. The van der Waals surface area contributed by atoms with Crippen LogP contribution in [0.25, 0.3) is 0 Å². The first kappa shape index (κ1) is 53.9. The first-order valence-electron chi connectivity index (χ1n) is 20.2. The van der Waals surface area contributed by atoms with Gasteiger partial charge in [0, 0.05) is 112 Å². The van der Waals surface area contributed by atoms with E-state index < -0.39 is 114 Å². The van der Waals surface area contributed by atoms with Crippen LogP contribution in [-0.4, -0.2) is 76.3 Å². The van der Waals surface area contributed by atoms with Gasteiger partial charge >= 0.3 is 37.1 Å². The van der Waals surface area contributed by atoms with E-state index in [2.05, 4.69) is 0 Å². The summed E-state index contributed by atoms with van der Waals surface area (Å²) in [6.45, 7) is -1.45. The molecule has 0 amide bonds. The third-order valence-corrected chi connectivity index (χ3v) is 9.75. The Morgan fingerprint density at radius 1 is 0.234 bits per heavy atom. The lowest BCUT2D eigenvalue weighted by Crippen LogP contribution is -2.28. The molecule has 362 valence electrons. The number of rotatable bonds is 24. The van der Waals surface area contributed by atoms with E-state index in [1.54, 1.807) is 4.90 Å². The van der Waals surface area contributed by atoms with Gasteiger partial charge in [0.05, 0.1) is 0 Å². The zero-order chi connectivity index (χ0) is 48.0. The molecule has 0 heterocycles. The molecular weight excluding hydrogens is 902 g/mol. The summed E-state index contributed by atoms with van der Waals surface area (Å²) >= 11 is 0. The Kier molecular flexibility index (Phi) is 19.5. The van der Waals surface area contributed by atoms with Gasteiger partial charge in [-0.15, -0.1) is 0 Å². The number of alkyl halides is 18. The average Bonchev–Trinajstić information content (AvgIpc) is 3.14. The van der Waals surface area contributed by atoms with E-state index in [9.17, 15) is 79.0 Å². The Bertz CT molecular complexity index is 1500. The Labute approximate surface area is 358 Å². The summed E-state index contributed by atoms with van der Waals surface area (Å²) in [5.74, 6) is 0. The van der Waals surface area contributed by atoms with Crippen molar-refractivity contribution in [2.45, 2.75) is 114 Å². The molecule has 0 N–H and O–H groups in total. The third kappa shape index (κ3) is 22.0. The van der Waals surface area contributed by atoms with Crippen molar-refractivity contribution in [3.8, 4) is 0 Å². The quantitative estimate of drug-likeness (QED) is 0.0830. The van der Waals surface area contributed by atoms with Crippen LogP contribution in [0.5, 0.6) is 0 Å². The summed E-state index contributed by atoms with van der Waals surface area (Å²) in [6, 6.07) is 17.7. The first-order chi connectivity index (χ1) is 29.5. The highest BCUT2D eigenvalue weighted by Crippen LogP contribution is 2.38.